The number of amides is 1. The molecule has 1 aromatic carbocycles. The molecule has 21 heavy (non-hydrogen) atoms. The Hall–Kier alpha value is -1.75. The van der Waals surface area contributed by atoms with E-state index in [1.807, 2.05) is 25.3 Å². The van der Waals surface area contributed by atoms with Gasteiger partial charge < -0.3 is 5.32 Å². The number of carbonyl (C=O) groups excluding carboxylic acids is 1. The second-order valence-electron chi connectivity index (χ2n) is 5.33. The Kier molecular flexibility index (Phi) is 4.29. The molecule has 0 saturated heterocycles. The average Bonchev–Trinajstić information content (AvgIpc) is 3.09. The summed E-state index contributed by atoms with van der Waals surface area (Å²) >= 11 is 1.68. The lowest BCUT2D eigenvalue weighted by molar-refractivity contribution is -0.120. The topological polar surface area (TPSA) is 57.8 Å². The highest BCUT2D eigenvalue weighted by Gasteiger charge is 2.27. The summed E-state index contributed by atoms with van der Waals surface area (Å²) in [6, 6.07) is 8.26. The summed E-state index contributed by atoms with van der Waals surface area (Å²) in [5, 5.41) is 10.0. The van der Waals surface area contributed by atoms with E-state index < -0.39 is 0 Å². The molecule has 5 heteroatoms. The van der Waals surface area contributed by atoms with Crippen molar-refractivity contribution in [2.45, 2.75) is 36.3 Å². The molecule has 1 unspecified atom stereocenters. The van der Waals surface area contributed by atoms with Crippen molar-refractivity contribution in [2.24, 2.45) is 0 Å². The Morgan fingerprint density at radius 2 is 2.33 bits per heavy atom. The van der Waals surface area contributed by atoms with Gasteiger partial charge in [-0.25, -0.2) is 0 Å². The number of H-pyrrole nitrogens is 1. The number of benzene rings is 1. The van der Waals surface area contributed by atoms with Crippen LogP contribution >= 0.6 is 11.8 Å². The molecule has 2 N–H and O–H groups in total. The van der Waals surface area contributed by atoms with Gasteiger partial charge in [0.05, 0.1) is 11.4 Å². The monoisotopic (exact) mass is 301 g/mol. The van der Waals surface area contributed by atoms with Crippen LogP contribution < -0.4 is 5.32 Å². The zero-order chi connectivity index (χ0) is 14.7. The predicted octanol–water partition coefficient (Wildman–Crippen LogP) is 2.48. The van der Waals surface area contributed by atoms with Gasteiger partial charge >= 0.3 is 0 Å². The third kappa shape index (κ3) is 3.29. The van der Waals surface area contributed by atoms with E-state index in [4.69, 9.17) is 0 Å². The molecule has 2 heterocycles. The highest BCUT2D eigenvalue weighted by atomic mass is 32.2. The van der Waals surface area contributed by atoms with Crippen LogP contribution in [0.4, 0.5) is 0 Å². The Bertz CT molecular complexity index is 613. The molecule has 3 rings (SSSR count). The fourth-order valence-corrected chi connectivity index (χ4v) is 3.78. The lowest BCUT2D eigenvalue weighted by Gasteiger charge is -2.09. The van der Waals surface area contributed by atoms with Gasteiger partial charge in [-0.1, -0.05) is 18.2 Å². The maximum Gasteiger partial charge on any atom is 0.233 e. The largest absolute Gasteiger partial charge is 0.355 e. The van der Waals surface area contributed by atoms with Crippen LogP contribution in [0, 0.1) is 6.92 Å². The van der Waals surface area contributed by atoms with Crippen LogP contribution in [0.2, 0.25) is 0 Å². The van der Waals surface area contributed by atoms with Crippen molar-refractivity contribution >= 4 is 17.7 Å². The van der Waals surface area contributed by atoms with Crippen molar-refractivity contribution in [3.8, 4) is 0 Å². The van der Waals surface area contributed by atoms with Gasteiger partial charge in [-0.15, -0.1) is 11.8 Å². The Morgan fingerprint density at radius 3 is 3.10 bits per heavy atom. The Morgan fingerprint density at radius 1 is 1.48 bits per heavy atom. The smallest absolute Gasteiger partial charge is 0.233 e. The van der Waals surface area contributed by atoms with Gasteiger partial charge in [0.15, 0.2) is 0 Å². The third-order valence-corrected chi connectivity index (χ3v) is 5.11. The number of aryl methyl sites for hydroxylation is 2. The number of rotatable bonds is 5. The first kappa shape index (κ1) is 14.2. The quantitative estimate of drug-likeness (QED) is 0.834. The summed E-state index contributed by atoms with van der Waals surface area (Å²) in [4.78, 5) is 13.4. The van der Waals surface area contributed by atoms with Gasteiger partial charge in [-0.2, -0.15) is 5.10 Å². The van der Waals surface area contributed by atoms with Crippen molar-refractivity contribution in [3.63, 3.8) is 0 Å². The summed E-state index contributed by atoms with van der Waals surface area (Å²) in [5.41, 5.74) is 3.63. The van der Waals surface area contributed by atoms with E-state index >= 15 is 0 Å². The number of nitrogens with zero attached hydrogens (tertiary/aromatic N) is 1. The van der Waals surface area contributed by atoms with Gasteiger partial charge in [0.1, 0.15) is 0 Å². The summed E-state index contributed by atoms with van der Waals surface area (Å²) < 4.78 is 0. The highest BCUT2D eigenvalue weighted by molar-refractivity contribution is 8.01. The molecule has 1 aromatic heterocycles. The summed E-state index contributed by atoms with van der Waals surface area (Å²) in [7, 11) is 0. The van der Waals surface area contributed by atoms with E-state index in [0.29, 0.717) is 0 Å². The number of nitrogens with one attached hydrogen (secondary N) is 2. The van der Waals surface area contributed by atoms with Crippen molar-refractivity contribution in [1.82, 2.24) is 15.5 Å². The van der Waals surface area contributed by atoms with Crippen LogP contribution in [0.25, 0.3) is 0 Å². The van der Waals surface area contributed by atoms with Gasteiger partial charge in [0, 0.05) is 17.1 Å². The van der Waals surface area contributed by atoms with Crippen LogP contribution in [0.5, 0.6) is 0 Å². The molecule has 0 bridgehead atoms. The van der Waals surface area contributed by atoms with Crippen LogP contribution in [0.15, 0.2) is 35.4 Å². The minimum Gasteiger partial charge on any atom is -0.355 e. The van der Waals surface area contributed by atoms with E-state index in [2.05, 4.69) is 27.6 Å². The molecule has 1 aliphatic heterocycles. The Balaban J connectivity index is 1.43. The lowest BCUT2D eigenvalue weighted by atomic mass is 10.1. The van der Waals surface area contributed by atoms with Crippen molar-refractivity contribution in [3.05, 3.63) is 47.3 Å². The number of hydrogen-bond donors (Lipinski definition) is 2. The minimum absolute atomic E-state index is 0.0260. The normalized spacial score (nSPS) is 16.7. The Labute approximate surface area is 128 Å². The molecule has 0 fully saturated rings. The maximum atomic E-state index is 12.2. The molecule has 1 atom stereocenters. The van der Waals surface area contributed by atoms with E-state index in [1.54, 1.807) is 11.8 Å². The van der Waals surface area contributed by atoms with Gasteiger partial charge in [-0.3, -0.25) is 9.89 Å². The average molecular weight is 301 g/mol. The van der Waals surface area contributed by atoms with Crippen LogP contribution in [0.3, 0.4) is 0 Å². The molecular weight excluding hydrogens is 282 g/mol. The minimum atomic E-state index is 0.0260. The molecular formula is C16H19N3OS. The van der Waals surface area contributed by atoms with Crippen molar-refractivity contribution in [2.75, 3.05) is 6.54 Å². The number of aromatic nitrogens is 2. The standard InChI is InChI=1S/C16H19N3OS/c1-11-13(10-18-19-11)6-4-8-17-16(20)15-9-12-5-2-3-7-14(12)21-15/h2-3,5,7,10,15H,4,6,8-9H2,1H3,(H,17,20)(H,18,19). The summed E-state index contributed by atoms with van der Waals surface area (Å²) in [5.74, 6) is 0.153. The lowest BCUT2D eigenvalue weighted by Crippen LogP contribution is -2.33. The number of fused-ring (bicyclic) bond motifs is 1. The zero-order valence-electron chi connectivity index (χ0n) is 12.1. The number of hydrogen-bond acceptors (Lipinski definition) is 3. The first-order chi connectivity index (χ1) is 10.2. The molecule has 1 aliphatic rings. The number of thioether (sulfide) groups is 1. The van der Waals surface area contributed by atoms with E-state index in [9.17, 15) is 4.79 Å². The number of aromatic amines is 1. The van der Waals surface area contributed by atoms with Crippen LogP contribution in [-0.2, 0) is 17.6 Å². The van der Waals surface area contributed by atoms with Gasteiger partial charge in [0.25, 0.3) is 0 Å². The highest BCUT2D eigenvalue weighted by Crippen LogP contribution is 2.36. The maximum absolute atomic E-state index is 12.2. The fraction of sp³-hybridized carbons (Fsp3) is 0.375. The molecule has 0 aliphatic carbocycles. The second-order valence-corrected chi connectivity index (χ2v) is 6.58. The van der Waals surface area contributed by atoms with Crippen LogP contribution in [-0.4, -0.2) is 27.9 Å². The molecule has 2 aromatic rings. The fourth-order valence-electron chi connectivity index (χ4n) is 2.56. The summed E-state index contributed by atoms with van der Waals surface area (Å²) in [6.45, 7) is 2.74. The molecule has 110 valence electrons. The van der Waals surface area contributed by atoms with E-state index in [-0.39, 0.29) is 11.2 Å². The van der Waals surface area contributed by atoms with Crippen molar-refractivity contribution < 1.29 is 4.79 Å². The third-order valence-electron chi connectivity index (χ3n) is 3.80. The molecule has 0 saturated carbocycles. The molecule has 0 radical (unpaired) electrons. The van der Waals surface area contributed by atoms with E-state index in [0.717, 1.165) is 31.5 Å². The van der Waals surface area contributed by atoms with Gasteiger partial charge in [-0.05, 0) is 43.4 Å². The summed E-state index contributed by atoms with van der Waals surface area (Å²) in [6.07, 6.45) is 4.59. The second kappa shape index (κ2) is 6.35. The van der Waals surface area contributed by atoms with E-state index in [1.165, 1.54) is 16.0 Å². The molecule has 0 spiro atoms. The van der Waals surface area contributed by atoms with Crippen LogP contribution in [0.1, 0.15) is 23.2 Å². The number of carbonyl (C=O) groups is 1. The zero-order valence-corrected chi connectivity index (χ0v) is 12.9. The predicted molar refractivity (Wildman–Crippen MR) is 84.4 cm³/mol. The van der Waals surface area contributed by atoms with Gasteiger partial charge in [0.2, 0.25) is 5.91 Å². The van der Waals surface area contributed by atoms with Crippen molar-refractivity contribution in [1.29, 1.82) is 0 Å². The molecule has 4 nitrogen and oxygen atoms in total. The first-order valence-corrected chi connectivity index (χ1v) is 8.13. The molecule has 1 amide bonds. The first-order valence-electron chi connectivity index (χ1n) is 7.25. The SMILES string of the molecule is Cc1[nH]ncc1CCCNC(=O)C1Cc2ccccc2S1.